The number of hydrogen-bond donors (Lipinski definition) is 1. The zero-order valence-corrected chi connectivity index (χ0v) is 11.6. The average Bonchev–Trinajstić information content (AvgIpc) is 2.71. The van der Waals surface area contributed by atoms with Crippen LogP contribution in [-0.4, -0.2) is 30.1 Å². The van der Waals surface area contributed by atoms with Gasteiger partial charge in [-0.05, 0) is 37.1 Å². The molecule has 2 rings (SSSR count). The van der Waals surface area contributed by atoms with Gasteiger partial charge in [0.2, 0.25) is 0 Å². The van der Waals surface area contributed by atoms with E-state index in [4.69, 9.17) is 0 Å². The highest BCUT2D eigenvalue weighted by Crippen LogP contribution is 2.24. The summed E-state index contributed by atoms with van der Waals surface area (Å²) in [6.45, 7) is 3.08. The van der Waals surface area contributed by atoms with E-state index >= 15 is 0 Å². The Hall–Kier alpha value is -1.35. The minimum atomic E-state index is 0.182. The predicted octanol–water partition coefficient (Wildman–Crippen LogP) is 3.02. The molecule has 19 heavy (non-hydrogen) atoms. The molecule has 104 valence electrons. The molecule has 1 saturated heterocycles. The van der Waals surface area contributed by atoms with Crippen molar-refractivity contribution in [3.63, 3.8) is 0 Å². The van der Waals surface area contributed by atoms with Crippen molar-refractivity contribution in [3.8, 4) is 0 Å². The van der Waals surface area contributed by atoms with Crippen molar-refractivity contribution >= 4 is 11.5 Å². The first-order chi connectivity index (χ1) is 9.26. The first-order valence-electron chi connectivity index (χ1n) is 7.27. The molecule has 1 heterocycles. The maximum atomic E-state index is 11.6. The first-order valence-corrected chi connectivity index (χ1v) is 7.27. The quantitative estimate of drug-likeness (QED) is 0.847. The lowest BCUT2D eigenvalue weighted by atomic mass is 10.1. The van der Waals surface area contributed by atoms with Gasteiger partial charge in [-0.2, -0.15) is 0 Å². The van der Waals surface area contributed by atoms with E-state index in [0.717, 1.165) is 24.2 Å². The van der Waals surface area contributed by atoms with E-state index < -0.39 is 0 Å². The molecule has 0 bridgehead atoms. The fourth-order valence-corrected chi connectivity index (χ4v) is 2.75. The Bertz CT molecular complexity index is 413. The Balaban J connectivity index is 2.17. The zero-order valence-electron chi connectivity index (χ0n) is 11.6. The van der Waals surface area contributed by atoms with Gasteiger partial charge in [-0.3, -0.25) is 4.79 Å². The molecule has 1 aliphatic heterocycles. The first kappa shape index (κ1) is 14.1. The third kappa shape index (κ3) is 3.35. The van der Waals surface area contributed by atoms with E-state index in [1.54, 1.807) is 0 Å². The van der Waals surface area contributed by atoms with Crippen molar-refractivity contribution < 1.29 is 9.90 Å². The van der Waals surface area contributed by atoms with Crippen LogP contribution in [0.4, 0.5) is 5.69 Å². The third-order valence-electron chi connectivity index (χ3n) is 3.93. The van der Waals surface area contributed by atoms with E-state index in [-0.39, 0.29) is 18.4 Å². The number of hydrogen-bond acceptors (Lipinski definition) is 3. The number of Topliss-reactive ketones (excluding diaryl/α,β-unsaturated/α-hetero) is 1. The van der Waals surface area contributed by atoms with Crippen LogP contribution in [0.1, 0.15) is 49.4 Å². The van der Waals surface area contributed by atoms with E-state index in [0.29, 0.717) is 6.42 Å². The number of aliphatic hydroxyl groups is 1. The summed E-state index contributed by atoms with van der Waals surface area (Å²) in [5.74, 6) is 0.182. The molecule has 0 aliphatic carbocycles. The van der Waals surface area contributed by atoms with Crippen LogP contribution in [0.15, 0.2) is 24.3 Å². The number of aliphatic hydroxyl groups excluding tert-OH is 1. The summed E-state index contributed by atoms with van der Waals surface area (Å²) in [5.41, 5.74) is 1.90. The van der Waals surface area contributed by atoms with Gasteiger partial charge in [0.05, 0.1) is 12.6 Å². The molecule has 0 spiro atoms. The molecule has 3 heteroatoms. The highest BCUT2D eigenvalue weighted by molar-refractivity contribution is 5.96. The number of carbonyl (C=O) groups excluding carboxylic acids is 1. The van der Waals surface area contributed by atoms with E-state index in [9.17, 15) is 9.90 Å². The van der Waals surface area contributed by atoms with Gasteiger partial charge in [-0.15, -0.1) is 0 Å². The molecule has 0 amide bonds. The van der Waals surface area contributed by atoms with Crippen LogP contribution in [0.5, 0.6) is 0 Å². The topological polar surface area (TPSA) is 40.5 Å². The number of nitrogens with zero attached hydrogens (tertiary/aromatic N) is 1. The molecule has 1 aromatic rings. The molecule has 3 nitrogen and oxygen atoms in total. The lowest BCUT2D eigenvalue weighted by Gasteiger charge is -2.31. The minimum Gasteiger partial charge on any atom is -0.394 e. The molecule has 1 atom stereocenters. The minimum absolute atomic E-state index is 0.182. The largest absolute Gasteiger partial charge is 0.394 e. The Kier molecular flexibility index (Phi) is 4.97. The van der Waals surface area contributed by atoms with E-state index in [2.05, 4.69) is 4.90 Å². The van der Waals surface area contributed by atoms with Gasteiger partial charge in [0.1, 0.15) is 0 Å². The second-order valence-corrected chi connectivity index (χ2v) is 5.20. The second kappa shape index (κ2) is 6.71. The van der Waals surface area contributed by atoms with Crippen molar-refractivity contribution in [2.75, 3.05) is 18.1 Å². The van der Waals surface area contributed by atoms with Gasteiger partial charge in [-0.25, -0.2) is 0 Å². The monoisotopic (exact) mass is 261 g/mol. The number of anilines is 1. The number of carbonyl (C=O) groups is 1. The van der Waals surface area contributed by atoms with Crippen molar-refractivity contribution in [3.05, 3.63) is 29.8 Å². The SMILES string of the molecule is CCC(=O)c1ccc(N2CCCCCC2CO)cc1. The summed E-state index contributed by atoms with van der Waals surface area (Å²) in [6.07, 6.45) is 5.19. The lowest BCUT2D eigenvalue weighted by Crippen LogP contribution is -2.37. The van der Waals surface area contributed by atoms with Gasteiger partial charge in [0.25, 0.3) is 0 Å². The molecule has 1 N–H and O–H groups in total. The fourth-order valence-electron chi connectivity index (χ4n) is 2.75. The van der Waals surface area contributed by atoms with E-state index in [1.807, 2.05) is 31.2 Å². The molecule has 1 aromatic carbocycles. The summed E-state index contributed by atoms with van der Waals surface area (Å²) >= 11 is 0. The van der Waals surface area contributed by atoms with Crippen molar-refractivity contribution in [1.82, 2.24) is 0 Å². The van der Waals surface area contributed by atoms with Crippen molar-refractivity contribution in [2.45, 2.75) is 45.1 Å². The standard InChI is InChI=1S/C16H23NO2/c1-2-16(19)13-7-9-14(10-8-13)17-11-5-3-4-6-15(17)12-18/h7-10,15,18H,2-6,11-12H2,1H3. The number of rotatable bonds is 4. The third-order valence-corrected chi connectivity index (χ3v) is 3.93. The molecule has 0 radical (unpaired) electrons. The molecule has 0 saturated carbocycles. The predicted molar refractivity (Wildman–Crippen MR) is 77.8 cm³/mol. The Labute approximate surface area is 115 Å². The van der Waals surface area contributed by atoms with Gasteiger partial charge >= 0.3 is 0 Å². The zero-order chi connectivity index (χ0) is 13.7. The second-order valence-electron chi connectivity index (χ2n) is 5.20. The van der Waals surface area contributed by atoms with Crippen LogP contribution in [-0.2, 0) is 0 Å². The van der Waals surface area contributed by atoms with Gasteiger partial charge in [0.15, 0.2) is 5.78 Å². The fraction of sp³-hybridized carbons (Fsp3) is 0.562. The number of ketones is 1. The Morgan fingerprint density at radius 2 is 2.00 bits per heavy atom. The molecule has 1 aliphatic rings. The highest BCUT2D eigenvalue weighted by atomic mass is 16.3. The van der Waals surface area contributed by atoms with Crippen LogP contribution >= 0.6 is 0 Å². The van der Waals surface area contributed by atoms with Crippen LogP contribution < -0.4 is 4.90 Å². The van der Waals surface area contributed by atoms with Gasteiger partial charge in [0, 0.05) is 24.2 Å². The summed E-state index contributed by atoms with van der Waals surface area (Å²) in [5, 5.41) is 9.53. The van der Waals surface area contributed by atoms with Crippen LogP contribution in [0, 0.1) is 0 Å². The van der Waals surface area contributed by atoms with E-state index in [1.165, 1.54) is 19.3 Å². The van der Waals surface area contributed by atoms with Gasteiger partial charge in [-0.1, -0.05) is 19.8 Å². The summed E-state index contributed by atoms with van der Waals surface area (Å²) in [6, 6.07) is 8.05. The number of benzene rings is 1. The van der Waals surface area contributed by atoms with Gasteiger partial charge < -0.3 is 10.0 Å². The lowest BCUT2D eigenvalue weighted by molar-refractivity contribution is 0.0988. The normalized spacial score (nSPS) is 20.1. The summed E-state index contributed by atoms with van der Waals surface area (Å²) < 4.78 is 0. The van der Waals surface area contributed by atoms with Crippen LogP contribution in [0.3, 0.4) is 0 Å². The highest BCUT2D eigenvalue weighted by Gasteiger charge is 2.20. The van der Waals surface area contributed by atoms with Crippen molar-refractivity contribution in [1.29, 1.82) is 0 Å². The maximum Gasteiger partial charge on any atom is 0.162 e. The molecule has 1 unspecified atom stereocenters. The summed E-state index contributed by atoms with van der Waals surface area (Å²) in [7, 11) is 0. The van der Waals surface area contributed by atoms with Crippen LogP contribution in [0.25, 0.3) is 0 Å². The smallest absolute Gasteiger partial charge is 0.162 e. The molecular weight excluding hydrogens is 238 g/mol. The molecule has 1 fully saturated rings. The summed E-state index contributed by atoms with van der Waals surface area (Å²) in [4.78, 5) is 13.9. The molecule has 0 aromatic heterocycles. The maximum absolute atomic E-state index is 11.6. The van der Waals surface area contributed by atoms with Crippen molar-refractivity contribution in [2.24, 2.45) is 0 Å². The average molecular weight is 261 g/mol. The van der Waals surface area contributed by atoms with Crippen LogP contribution in [0.2, 0.25) is 0 Å². The Morgan fingerprint density at radius 3 is 2.63 bits per heavy atom. The molecular formula is C16H23NO2. The Morgan fingerprint density at radius 1 is 1.26 bits per heavy atom.